The second-order valence-corrected chi connectivity index (χ2v) is 10.5. The van der Waals surface area contributed by atoms with E-state index in [1.807, 2.05) is 42.5 Å². The molecule has 4 aromatic carbocycles. The molecule has 0 fully saturated rings. The predicted octanol–water partition coefficient (Wildman–Crippen LogP) is 6.71. The predicted molar refractivity (Wildman–Crippen MR) is 173 cm³/mol. The Hall–Kier alpha value is -5.48. The Balaban J connectivity index is 1.53. The van der Waals surface area contributed by atoms with Crippen molar-refractivity contribution in [3.63, 3.8) is 0 Å². The Morgan fingerprint density at radius 1 is 1.04 bits per heavy atom. The maximum Gasteiger partial charge on any atom is 0.266 e. The first-order valence-electron chi connectivity index (χ1n) is 14.8. The number of ether oxygens (including phenoxy) is 2. The molecule has 1 heterocycles. The van der Waals surface area contributed by atoms with Gasteiger partial charge in [-0.25, -0.2) is 14.8 Å². The summed E-state index contributed by atoms with van der Waals surface area (Å²) in [5, 5.41) is 12.9. The highest BCUT2D eigenvalue weighted by Gasteiger charge is 2.53. The van der Waals surface area contributed by atoms with Gasteiger partial charge in [-0.05, 0) is 53.1 Å². The Kier molecular flexibility index (Phi) is 10.8. The van der Waals surface area contributed by atoms with E-state index in [1.54, 1.807) is 60.7 Å². The third-order valence-corrected chi connectivity index (χ3v) is 7.35. The number of aliphatic hydroxyl groups is 1. The second kappa shape index (κ2) is 15.5. The van der Waals surface area contributed by atoms with Gasteiger partial charge in [0, 0.05) is 47.7 Å². The summed E-state index contributed by atoms with van der Waals surface area (Å²) in [7, 11) is 0. The fraction of sp³-hybridized carbons (Fsp3) is 0.200. The van der Waals surface area contributed by atoms with Crippen LogP contribution in [0.2, 0.25) is 0 Å². The molecule has 10 nitrogen and oxygen atoms in total. The van der Waals surface area contributed by atoms with E-state index < -0.39 is 17.6 Å². The number of hydrogen-bond donors (Lipinski definition) is 3. The van der Waals surface area contributed by atoms with Crippen molar-refractivity contribution in [3.8, 4) is 5.75 Å². The number of rotatable bonds is 14. The highest BCUT2D eigenvalue weighted by molar-refractivity contribution is 6.01. The van der Waals surface area contributed by atoms with Gasteiger partial charge in [0.1, 0.15) is 11.6 Å². The SMILES string of the molecule is [N-]=[N+]=Nc1ccccc1[C@@H]1OC(c2ccc(OCCCO)cc2)=N[C@]1(C/C=C/c1ccccc1)C(=O)NNCc1ccc(F)cc1. The van der Waals surface area contributed by atoms with Gasteiger partial charge in [-0.2, -0.15) is 0 Å². The van der Waals surface area contributed by atoms with Crippen molar-refractivity contribution in [2.45, 2.75) is 31.0 Å². The molecule has 0 unspecified atom stereocenters. The van der Waals surface area contributed by atoms with Gasteiger partial charge >= 0.3 is 0 Å². The molecule has 0 spiro atoms. The summed E-state index contributed by atoms with van der Waals surface area (Å²) in [4.78, 5) is 22.2. The molecule has 234 valence electrons. The first-order valence-corrected chi connectivity index (χ1v) is 14.8. The third-order valence-electron chi connectivity index (χ3n) is 7.35. The standard InChI is InChI=1S/C35H33FN6O4/c36-28-17-13-26(14-18-28)24-38-41-34(44)35(21-6-10-25-8-2-1-3-9-25)32(30-11-4-5-12-31(30)40-42-37)46-33(39-35)27-15-19-29(20-16-27)45-23-7-22-43/h1-6,8-20,32,38,43H,7,21-24H2,(H,41,44)/b10-6+/t32-,35-/m0/s1. The van der Waals surface area contributed by atoms with E-state index in [0.29, 0.717) is 35.6 Å². The highest BCUT2D eigenvalue weighted by atomic mass is 19.1. The number of halogens is 1. The first kappa shape index (κ1) is 31.9. The molecule has 3 N–H and O–H groups in total. The molecular formula is C35H33FN6O4. The number of hydrazine groups is 1. The van der Waals surface area contributed by atoms with Gasteiger partial charge in [0.2, 0.25) is 5.90 Å². The molecule has 4 aromatic rings. The summed E-state index contributed by atoms with van der Waals surface area (Å²) < 4.78 is 25.6. The lowest BCUT2D eigenvalue weighted by Gasteiger charge is -2.30. The molecule has 1 aliphatic rings. The highest BCUT2D eigenvalue weighted by Crippen LogP contribution is 2.45. The summed E-state index contributed by atoms with van der Waals surface area (Å²) in [6.07, 6.45) is 3.44. The minimum atomic E-state index is -1.53. The fourth-order valence-corrected chi connectivity index (χ4v) is 5.02. The number of carbonyl (C=O) groups is 1. The summed E-state index contributed by atoms with van der Waals surface area (Å²) in [5.74, 6) is 0.00510. The van der Waals surface area contributed by atoms with Crippen molar-refractivity contribution in [1.29, 1.82) is 0 Å². The van der Waals surface area contributed by atoms with E-state index in [9.17, 15) is 14.7 Å². The molecule has 2 atom stereocenters. The van der Waals surface area contributed by atoms with Crippen LogP contribution in [0, 0.1) is 5.82 Å². The van der Waals surface area contributed by atoms with Crippen LogP contribution >= 0.6 is 0 Å². The van der Waals surface area contributed by atoms with Gasteiger partial charge in [0.15, 0.2) is 11.6 Å². The molecule has 0 radical (unpaired) electrons. The van der Waals surface area contributed by atoms with Gasteiger partial charge in [0.25, 0.3) is 5.91 Å². The van der Waals surface area contributed by atoms with E-state index in [4.69, 9.17) is 19.6 Å². The van der Waals surface area contributed by atoms with Gasteiger partial charge in [-0.1, -0.05) is 84.0 Å². The zero-order valence-corrected chi connectivity index (χ0v) is 24.9. The monoisotopic (exact) mass is 620 g/mol. The topological polar surface area (TPSA) is 141 Å². The number of azide groups is 1. The third kappa shape index (κ3) is 7.77. The molecule has 0 bridgehead atoms. The molecule has 1 amide bonds. The Morgan fingerprint density at radius 2 is 1.78 bits per heavy atom. The number of nitrogens with zero attached hydrogens (tertiary/aromatic N) is 4. The second-order valence-electron chi connectivity index (χ2n) is 10.5. The average molecular weight is 621 g/mol. The first-order chi connectivity index (χ1) is 22.5. The van der Waals surface area contributed by atoms with Crippen molar-refractivity contribution < 1.29 is 23.8 Å². The van der Waals surface area contributed by atoms with E-state index in [2.05, 4.69) is 20.9 Å². The molecule has 0 aliphatic carbocycles. The molecule has 11 heteroatoms. The number of aliphatic imine (C=N–C) groups is 1. The Labute approximate surface area is 265 Å². The van der Waals surface area contributed by atoms with Crippen molar-refractivity contribution in [2.24, 2.45) is 10.1 Å². The summed E-state index contributed by atoms with van der Waals surface area (Å²) in [6.45, 7) is 0.633. The Morgan fingerprint density at radius 3 is 2.52 bits per heavy atom. The largest absolute Gasteiger partial charge is 0.494 e. The van der Waals surface area contributed by atoms with Crippen LogP contribution in [-0.4, -0.2) is 35.7 Å². The number of aliphatic hydroxyl groups excluding tert-OH is 1. The van der Waals surface area contributed by atoms with E-state index in [0.717, 1.165) is 11.1 Å². The number of hydrogen-bond acceptors (Lipinski definition) is 7. The normalized spacial score (nSPS) is 17.2. The van der Waals surface area contributed by atoms with Crippen LogP contribution in [0.5, 0.6) is 5.75 Å². The lowest BCUT2D eigenvalue weighted by molar-refractivity contribution is -0.129. The Bertz CT molecular complexity index is 1720. The average Bonchev–Trinajstić information content (AvgIpc) is 3.47. The van der Waals surface area contributed by atoms with Gasteiger partial charge in [0.05, 0.1) is 6.61 Å². The maximum absolute atomic E-state index is 14.3. The summed E-state index contributed by atoms with van der Waals surface area (Å²) in [6, 6.07) is 29.6. The number of benzene rings is 4. The minimum absolute atomic E-state index is 0.0308. The van der Waals surface area contributed by atoms with Crippen molar-refractivity contribution in [3.05, 3.63) is 148 Å². The number of amides is 1. The van der Waals surface area contributed by atoms with Crippen LogP contribution in [-0.2, 0) is 16.1 Å². The number of nitrogens with one attached hydrogen (secondary N) is 2. The van der Waals surface area contributed by atoms with Crippen molar-refractivity contribution >= 4 is 23.6 Å². The molecule has 46 heavy (non-hydrogen) atoms. The molecule has 0 aromatic heterocycles. The quantitative estimate of drug-likeness (QED) is 0.0472. The maximum atomic E-state index is 14.3. The lowest BCUT2D eigenvalue weighted by Crippen LogP contribution is -2.52. The summed E-state index contributed by atoms with van der Waals surface area (Å²) >= 11 is 0. The van der Waals surface area contributed by atoms with E-state index in [-0.39, 0.29) is 31.3 Å². The van der Waals surface area contributed by atoms with E-state index >= 15 is 0 Å². The molecule has 0 saturated heterocycles. The minimum Gasteiger partial charge on any atom is -0.494 e. The smallest absolute Gasteiger partial charge is 0.266 e. The van der Waals surface area contributed by atoms with Gasteiger partial charge < -0.3 is 14.6 Å². The molecule has 1 aliphatic heterocycles. The molecule has 0 saturated carbocycles. The van der Waals surface area contributed by atoms with Crippen LogP contribution in [0.25, 0.3) is 16.5 Å². The van der Waals surface area contributed by atoms with Gasteiger partial charge in [-0.3, -0.25) is 10.2 Å². The van der Waals surface area contributed by atoms with E-state index in [1.165, 1.54) is 12.1 Å². The summed E-state index contributed by atoms with van der Waals surface area (Å²) in [5.41, 5.74) is 16.6. The molecule has 5 rings (SSSR count). The van der Waals surface area contributed by atoms with Crippen LogP contribution in [0.1, 0.15) is 41.2 Å². The van der Waals surface area contributed by atoms with Crippen LogP contribution in [0.15, 0.2) is 119 Å². The zero-order valence-electron chi connectivity index (χ0n) is 24.9. The number of carbonyl (C=O) groups excluding carboxylic acids is 1. The van der Waals surface area contributed by atoms with Gasteiger partial charge in [-0.15, -0.1) is 0 Å². The van der Waals surface area contributed by atoms with Crippen LogP contribution in [0.4, 0.5) is 10.1 Å². The molecular weight excluding hydrogens is 587 g/mol. The zero-order chi connectivity index (χ0) is 32.2. The van der Waals surface area contributed by atoms with Crippen LogP contribution in [0.3, 0.4) is 0 Å². The fourth-order valence-electron chi connectivity index (χ4n) is 5.02. The lowest BCUT2D eigenvalue weighted by atomic mass is 9.83. The van der Waals surface area contributed by atoms with Crippen molar-refractivity contribution in [1.82, 2.24) is 10.9 Å². The van der Waals surface area contributed by atoms with Crippen LogP contribution < -0.4 is 15.6 Å². The van der Waals surface area contributed by atoms with Crippen molar-refractivity contribution in [2.75, 3.05) is 13.2 Å².